The second-order valence-electron chi connectivity index (χ2n) is 8.78. The second-order valence-corrected chi connectivity index (χ2v) is 8.78. The molecule has 2 fully saturated rings. The number of rotatable bonds is 3. The van der Waals surface area contributed by atoms with Crippen molar-refractivity contribution in [2.75, 3.05) is 31.1 Å². The minimum Gasteiger partial charge on any atom is -0.370 e. The van der Waals surface area contributed by atoms with E-state index in [0.717, 1.165) is 24.6 Å². The highest BCUT2D eigenvalue weighted by atomic mass is 19.1. The van der Waals surface area contributed by atoms with Crippen LogP contribution in [0.1, 0.15) is 54.8 Å². The summed E-state index contributed by atoms with van der Waals surface area (Å²) in [7, 11) is 0. The van der Waals surface area contributed by atoms with Crippen molar-refractivity contribution < 1.29 is 4.39 Å². The van der Waals surface area contributed by atoms with Crippen LogP contribution in [0.2, 0.25) is 0 Å². The van der Waals surface area contributed by atoms with E-state index in [1.54, 1.807) is 17.7 Å². The lowest BCUT2D eigenvalue weighted by atomic mass is 9.90. The molecule has 0 bridgehead atoms. The predicted octanol–water partition coefficient (Wildman–Crippen LogP) is 5.15. The maximum Gasteiger partial charge on any atom is 0.126 e. The number of aryl methyl sites for hydroxylation is 1. The third-order valence-corrected chi connectivity index (χ3v) is 7.02. The van der Waals surface area contributed by atoms with Crippen molar-refractivity contribution in [3.63, 3.8) is 0 Å². The lowest BCUT2D eigenvalue weighted by Crippen LogP contribution is -2.45. The molecule has 0 aromatic heterocycles. The first-order chi connectivity index (χ1) is 13.2. The molecule has 2 saturated heterocycles. The smallest absolute Gasteiger partial charge is 0.126 e. The van der Waals surface area contributed by atoms with Crippen LogP contribution in [0.4, 0.5) is 10.1 Å². The van der Waals surface area contributed by atoms with Crippen LogP contribution in [0.3, 0.4) is 0 Å². The number of halogens is 1. The summed E-state index contributed by atoms with van der Waals surface area (Å²) in [6.45, 7) is 6.74. The number of anilines is 1. The largest absolute Gasteiger partial charge is 0.370 e. The van der Waals surface area contributed by atoms with Crippen molar-refractivity contribution in [1.82, 2.24) is 4.90 Å². The number of piperidine rings is 1. The van der Waals surface area contributed by atoms with E-state index in [4.69, 9.17) is 0 Å². The number of hydrogen-bond acceptors (Lipinski definition) is 2. The van der Waals surface area contributed by atoms with Gasteiger partial charge in [0.1, 0.15) is 5.82 Å². The molecule has 3 heteroatoms. The summed E-state index contributed by atoms with van der Waals surface area (Å²) in [5, 5.41) is 0. The van der Waals surface area contributed by atoms with Gasteiger partial charge in [-0.05, 0) is 79.6 Å². The molecule has 2 aromatic rings. The Morgan fingerprint density at radius 1 is 0.926 bits per heavy atom. The Kier molecular flexibility index (Phi) is 4.43. The molecule has 3 aliphatic rings. The fourth-order valence-electron chi connectivity index (χ4n) is 5.19. The topological polar surface area (TPSA) is 6.48 Å². The van der Waals surface area contributed by atoms with E-state index in [0.29, 0.717) is 12.0 Å². The number of nitrogens with zero attached hydrogens (tertiary/aromatic N) is 2. The van der Waals surface area contributed by atoms with Gasteiger partial charge in [0.05, 0.1) is 0 Å². The first-order valence-corrected chi connectivity index (χ1v) is 10.6. The highest BCUT2D eigenvalue weighted by molar-refractivity contribution is 5.56. The molecular weight excluding hydrogens is 335 g/mol. The van der Waals surface area contributed by atoms with Crippen LogP contribution >= 0.6 is 0 Å². The highest BCUT2D eigenvalue weighted by Gasteiger charge is 2.33. The van der Waals surface area contributed by atoms with Crippen LogP contribution in [0, 0.1) is 11.7 Å². The minimum absolute atomic E-state index is 0.0604. The van der Waals surface area contributed by atoms with Gasteiger partial charge >= 0.3 is 0 Å². The molecule has 0 spiro atoms. The normalized spacial score (nSPS) is 24.1. The van der Waals surface area contributed by atoms with E-state index in [2.05, 4.69) is 34.9 Å². The SMILES string of the molecule is CC1CCN(C2CCc3cc(N4CC(c5ccccc5F)C4)ccc32)CC1. The number of benzene rings is 2. The summed E-state index contributed by atoms with van der Waals surface area (Å²) in [5.74, 6) is 1.15. The standard InChI is InChI=1S/C24H29FN2/c1-17-10-12-26(13-11-17)24-9-6-18-14-20(7-8-22(18)24)27-15-19(16-27)21-4-2-3-5-23(21)25/h2-5,7-8,14,17,19,24H,6,9-13,15-16H2,1H3. The van der Waals surface area contributed by atoms with Crippen molar-refractivity contribution in [2.45, 2.75) is 44.6 Å². The predicted molar refractivity (Wildman–Crippen MR) is 109 cm³/mol. The maximum atomic E-state index is 14.0. The van der Waals surface area contributed by atoms with Crippen LogP contribution in [0.5, 0.6) is 0 Å². The molecule has 0 N–H and O–H groups in total. The first-order valence-electron chi connectivity index (χ1n) is 10.6. The summed E-state index contributed by atoms with van der Waals surface area (Å²) >= 11 is 0. The van der Waals surface area contributed by atoms with Gasteiger partial charge in [-0.2, -0.15) is 0 Å². The van der Waals surface area contributed by atoms with Crippen molar-refractivity contribution in [3.8, 4) is 0 Å². The lowest BCUT2D eigenvalue weighted by molar-refractivity contribution is 0.137. The molecule has 0 radical (unpaired) electrons. The average Bonchev–Trinajstić information content (AvgIpc) is 3.06. The third kappa shape index (κ3) is 3.16. The Bertz CT molecular complexity index is 819. The van der Waals surface area contributed by atoms with Crippen LogP contribution in [-0.2, 0) is 6.42 Å². The van der Waals surface area contributed by atoms with Crippen LogP contribution in [0.25, 0.3) is 0 Å². The van der Waals surface area contributed by atoms with Crippen LogP contribution in [-0.4, -0.2) is 31.1 Å². The summed E-state index contributed by atoms with van der Waals surface area (Å²) < 4.78 is 14.0. The Balaban J connectivity index is 1.27. The molecule has 2 aromatic carbocycles. The van der Waals surface area contributed by atoms with Gasteiger partial charge < -0.3 is 4.90 Å². The Hall–Kier alpha value is -1.87. The number of likely N-dealkylation sites (tertiary alicyclic amines) is 1. The van der Waals surface area contributed by atoms with Gasteiger partial charge in [-0.15, -0.1) is 0 Å². The summed E-state index contributed by atoms with van der Waals surface area (Å²) in [6, 6.07) is 14.9. The summed E-state index contributed by atoms with van der Waals surface area (Å²) in [6.07, 6.45) is 5.15. The second kappa shape index (κ2) is 6.94. The summed E-state index contributed by atoms with van der Waals surface area (Å²) in [4.78, 5) is 5.11. The zero-order valence-electron chi connectivity index (χ0n) is 16.2. The molecule has 2 nitrogen and oxygen atoms in total. The molecule has 142 valence electrons. The number of hydrogen-bond donors (Lipinski definition) is 0. The van der Waals surface area contributed by atoms with Gasteiger partial charge in [-0.25, -0.2) is 4.39 Å². The van der Waals surface area contributed by atoms with E-state index < -0.39 is 0 Å². The van der Waals surface area contributed by atoms with Gasteiger partial charge in [0.15, 0.2) is 0 Å². The fourth-order valence-corrected chi connectivity index (χ4v) is 5.19. The summed E-state index contributed by atoms with van der Waals surface area (Å²) in [5.41, 5.74) is 5.27. The quantitative estimate of drug-likeness (QED) is 0.743. The van der Waals surface area contributed by atoms with Gasteiger partial charge in [0.2, 0.25) is 0 Å². The van der Waals surface area contributed by atoms with Crippen LogP contribution < -0.4 is 4.90 Å². The average molecular weight is 365 g/mol. The molecule has 5 rings (SSSR count). The Labute approximate surface area is 162 Å². The maximum absolute atomic E-state index is 14.0. The highest BCUT2D eigenvalue weighted by Crippen LogP contribution is 2.41. The molecular formula is C24H29FN2. The van der Waals surface area contributed by atoms with Crippen LogP contribution in [0.15, 0.2) is 42.5 Å². The Morgan fingerprint density at radius 3 is 2.48 bits per heavy atom. The van der Waals surface area contributed by atoms with Gasteiger partial charge in [-0.3, -0.25) is 4.90 Å². The van der Waals surface area contributed by atoms with E-state index in [-0.39, 0.29) is 5.82 Å². The van der Waals surface area contributed by atoms with E-state index in [1.807, 2.05) is 12.1 Å². The molecule has 0 amide bonds. The van der Waals surface area contributed by atoms with E-state index >= 15 is 0 Å². The van der Waals surface area contributed by atoms with Gasteiger partial charge in [0, 0.05) is 30.7 Å². The van der Waals surface area contributed by atoms with Crippen molar-refractivity contribution >= 4 is 5.69 Å². The van der Waals surface area contributed by atoms with Crippen molar-refractivity contribution in [1.29, 1.82) is 0 Å². The zero-order valence-corrected chi connectivity index (χ0v) is 16.2. The van der Waals surface area contributed by atoms with Crippen molar-refractivity contribution in [2.24, 2.45) is 5.92 Å². The molecule has 1 aliphatic carbocycles. The zero-order chi connectivity index (χ0) is 18.4. The molecule has 1 atom stereocenters. The fraction of sp³-hybridized carbons (Fsp3) is 0.500. The minimum atomic E-state index is -0.0604. The molecule has 2 heterocycles. The Morgan fingerprint density at radius 2 is 1.70 bits per heavy atom. The van der Waals surface area contributed by atoms with Gasteiger partial charge in [-0.1, -0.05) is 31.2 Å². The molecule has 27 heavy (non-hydrogen) atoms. The first kappa shape index (κ1) is 17.2. The number of fused-ring (bicyclic) bond motifs is 1. The third-order valence-electron chi connectivity index (χ3n) is 7.02. The lowest BCUT2D eigenvalue weighted by Gasteiger charge is -2.41. The van der Waals surface area contributed by atoms with Crippen molar-refractivity contribution in [3.05, 3.63) is 65.0 Å². The van der Waals surface area contributed by atoms with Gasteiger partial charge in [0.25, 0.3) is 0 Å². The monoisotopic (exact) mass is 364 g/mol. The molecule has 0 saturated carbocycles. The molecule has 1 unspecified atom stereocenters. The molecule has 2 aliphatic heterocycles. The van der Waals surface area contributed by atoms with E-state index in [9.17, 15) is 4.39 Å². The van der Waals surface area contributed by atoms with E-state index in [1.165, 1.54) is 50.0 Å².